The number of hydrogen-bond acceptors (Lipinski definition) is 7. The molecule has 0 spiro atoms. The summed E-state index contributed by atoms with van der Waals surface area (Å²) in [4.78, 5) is 38.3. The fraction of sp³-hybridized carbons (Fsp3) is 0.235. The van der Waals surface area contributed by atoms with Gasteiger partial charge in [-0.15, -0.1) is 0 Å². The zero-order valence-corrected chi connectivity index (χ0v) is 14.2. The number of aryl methyl sites for hydroxylation is 1. The number of aromatic nitrogens is 1. The van der Waals surface area contributed by atoms with Crippen LogP contribution in [0.5, 0.6) is 5.88 Å². The van der Waals surface area contributed by atoms with Crippen molar-refractivity contribution in [2.24, 2.45) is 0 Å². The van der Waals surface area contributed by atoms with Crippen molar-refractivity contribution in [2.75, 3.05) is 18.5 Å². The molecule has 1 N–H and O–H groups in total. The molecule has 0 radical (unpaired) electrons. The van der Waals surface area contributed by atoms with E-state index in [-0.39, 0.29) is 22.8 Å². The lowest BCUT2D eigenvalue weighted by Crippen LogP contribution is -2.21. The maximum atomic E-state index is 12.1. The number of ether oxygens (including phenoxy) is 2. The van der Waals surface area contributed by atoms with Gasteiger partial charge in [-0.3, -0.25) is 14.9 Å². The van der Waals surface area contributed by atoms with E-state index in [2.05, 4.69) is 10.3 Å². The monoisotopic (exact) mass is 359 g/mol. The first-order chi connectivity index (χ1) is 12.4. The number of amides is 1. The Bertz CT molecular complexity index is 837. The zero-order valence-electron chi connectivity index (χ0n) is 14.2. The van der Waals surface area contributed by atoms with Crippen molar-refractivity contribution in [1.29, 1.82) is 0 Å². The summed E-state index contributed by atoms with van der Waals surface area (Å²) in [7, 11) is 0. The average molecular weight is 359 g/mol. The van der Waals surface area contributed by atoms with Gasteiger partial charge in [-0.05, 0) is 32.0 Å². The molecular formula is C17H17N3O6. The Morgan fingerprint density at radius 3 is 2.77 bits per heavy atom. The molecule has 1 aromatic heterocycles. The number of hydrogen-bond donors (Lipinski definition) is 1. The summed E-state index contributed by atoms with van der Waals surface area (Å²) in [5, 5.41) is 13.4. The first-order valence-corrected chi connectivity index (χ1v) is 7.72. The van der Waals surface area contributed by atoms with Gasteiger partial charge < -0.3 is 14.8 Å². The normalized spacial score (nSPS) is 10.1. The minimum absolute atomic E-state index is 0.105. The lowest BCUT2D eigenvalue weighted by atomic mass is 10.2. The summed E-state index contributed by atoms with van der Waals surface area (Å²) in [5.41, 5.74) is 0.698. The second-order valence-corrected chi connectivity index (χ2v) is 5.17. The maximum Gasteiger partial charge on any atom is 0.344 e. The molecule has 2 aromatic rings. The van der Waals surface area contributed by atoms with Crippen LogP contribution in [0.3, 0.4) is 0 Å². The second kappa shape index (κ2) is 8.56. The van der Waals surface area contributed by atoms with Crippen LogP contribution in [0.15, 0.2) is 36.5 Å². The zero-order chi connectivity index (χ0) is 19.1. The number of nitro benzene ring substituents is 1. The Morgan fingerprint density at radius 1 is 1.31 bits per heavy atom. The predicted octanol–water partition coefficient (Wildman–Crippen LogP) is 2.49. The first-order valence-electron chi connectivity index (χ1n) is 7.72. The number of carbonyl (C=O) groups is 2. The Hall–Kier alpha value is -3.49. The van der Waals surface area contributed by atoms with Crippen LogP contribution in [0.25, 0.3) is 0 Å². The molecule has 0 aliphatic heterocycles. The average Bonchev–Trinajstić information content (AvgIpc) is 2.62. The molecule has 9 nitrogen and oxygen atoms in total. The third-order valence-corrected chi connectivity index (χ3v) is 3.30. The molecule has 0 aliphatic carbocycles. The minimum Gasteiger partial charge on any atom is -0.477 e. The quantitative estimate of drug-likeness (QED) is 0.458. The van der Waals surface area contributed by atoms with Crippen LogP contribution in [-0.4, -0.2) is 35.0 Å². The Balaban J connectivity index is 1.98. The van der Waals surface area contributed by atoms with Crippen molar-refractivity contribution < 1.29 is 24.0 Å². The Labute approximate surface area is 149 Å². The van der Waals surface area contributed by atoms with Crippen LogP contribution < -0.4 is 10.1 Å². The standard InChI is InChI=1S/C17H17N3O6/c1-3-25-16-13(5-4-8-18-16)17(22)26-10-15(21)19-12-7-6-11(2)14(9-12)20(23)24/h4-9H,3,10H2,1-2H3,(H,19,21). The third kappa shape index (κ3) is 4.76. The number of nitro groups is 1. The molecule has 9 heteroatoms. The third-order valence-electron chi connectivity index (χ3n) is 3.30. The van der Waals surface area contributed by atoms with E-state index in [0.717, 1.165) is 0 Å². The number of esters is 1. The van der Waals surface area contributed by atoms with Crippen LogP contribution in [-0.2, 0) is 9.53 Å². The van der Waals surface area contributed by atoms with Crippen LogP contribution in [0, 0.1) is 17.0 Å². The first kappa shape index (κ1) is 18.8. The van der Waals surface area contributed by atoms with Gasteiger partial charge in [-0.2, -0.15) is 0 Å². The van der Waals surface area contributed by atoms with Crippen molar-refractivity contribution >= 4 is 23.3 Å². The van der Waals surface area contributed by atoms with E-state index in [9.17, 15) is 19.7 Å². The molecule has 1 heterocycles. The van der Waals surface area contributed by atoms with E-state index in [1.807, 2.05) is 0 Å². The number of anilines is 1. The van der Waals surface area contributed by atoms with Gasteiger partial charge in [0.1, 0.15) is 5.56 Å². The SMILES string of the molecule is CCOc1ncccc1C(=O)OCC(=O)Nc1ccc(C)c([N+](=O)[O-])c1. The highest BCUT2D eigenvalue weighted by Crippen LogP contribution is 2.22. The van der Waals surface area contributed by atoms with Crippen LogP contribution >= 0.6 is 0 Å². The fourth-order valence-corrected chi connectivity index (χ4v) is 2.09. The van der Waals surface area contributed by atoms with Gasteiger partial charge in [0.15, 0.2) is 6.61 Å². The molecule has 0 fully saturated rings. The molecule has 1 amide bonds. The van der Waals surface area contributed by atoms with E-state index < -0.39 is 23.4 Å². The number of pyridine rings is 1. The fourth-order valence-electron chi connectivity index (χ4n) is 2.09. The lowest BCUT2D eigenvalue weighted by Gasteiger charge is -2.09. The molecule has 26 heavy (non-hydrogen) atoms. The highest BCUT2D eigenvalue weighted by molar-refractivity contribution is 5.96. The number of benzene rings is 1. The highest BCUT2D eigenvalue weighted by Gasteiger charge is 2.17. The molecule has 2 rings (SSSR count). The van der Waals surface area contributed by atoms with Gasteiger partial charge in [-0.1, -0.05) is 6.07 Å². The van der Waals surface area contributed by atoms with E-state index in [4.69, 9.17) is 9.47 Å². The Morgan fingerprint density at radius 2 is 2.08 bits per heavy atom. The predicted molar refractivity (Wildman–Crippen MR) is 92.2 cm³/mol. The molecular weight excluding hydrogens is 342 g/mol. The minimum atomic E-state index is -0.758. The smallest absolute Gasteiger partial charge is 0.344 e. The van der Waals surface area contributed by atoms with Crippen LogP contribution in [0.2, 0.25) is 0 Å². The number of rotatable bonds is 7. The van der Waals surface area contributed by atoms with Gasteiger partial charge in [-0.25, -0.2) is 9.78 Å². The molecule has 0 saturated heterocycles. The van der Waals surface area contributed by atoms with Crippen LogP contribution in [0.4, 0.5) is 11.4 Å². The van der Waals surface area contributed by atoms with Gasteiger partial charge in [0.2, 0.25) is 5.88 Å². The molecule has 0 saturated carbocycles. The number of nitrogens with zero attached hydrogens (tertiary/aromatic N) is 2. The van der Waals surface area contributed by atoms with Crippen molar-refractivity contribution in [3.05, 3.63) is 57.8 Å². The molecule has 136 valence electrons. The lowest BCUT2D eigenvalue weighted by molar-refractivity contribution is -0.385. The maximum absolute atomic E-state index is 12.1. The van der Waals surface area contributed by atoms with E-state index >= 15 is 0 Å². The second-order valence-electron chi connectivity index (χ2n) is 5.17. The highest BCUT2D eigenvalue weighted by atomic mass is 16.6. The van der Waals surface area contributed by atoms with E-state index in [1.54, 1.807) is 19.9 Å². The van der Waals surface area contributed by atoms with Crippen molar-refractivity contribution in [3.8, 4) is 5.88 Å². The summed E-state index contributed by atoms with van der Waals surface area (Å²) >= 11 is 0. The largest absolute Gasteiger partial charge is 0.477 e. The van der Waals surface area contributed by atoms with Crippen molar-refractivity contribution in [2.45, 2.75) is 13.8 Å². The molecule has 0 unspecified atom stereocenters. The summed E-state index contributed by atoms with van der Waals surface area (Å²) in [5.74, 6) is -1.26. The Kier molecular flexibility index (Phi) is 6.20. The number of carbonyl (C=O) groups excluding carboxylic acids is 2. The molecule has 0 aliphatic rings. The molecule has 0 bridgehead atoms. The van der Waals surface area contributed by atoms with Crippen molar-refractivity contribution in [3.63, 3.8) is 0 Å². The van der Waals surface area contributed by atoms with E-state index in [0.29, 0.717) is 12.2 Å². The summed E-state index contributed by atoms with van der Waals surface area (Å²) in [6, 6.07) is 7.30. The molecule has 0 atom stereocenters. The summed E-state index contributed by atoms with van der Waals surface area (Å²) in [6.07, 6.45) is 1.47. The van der Waals surface area contributed by atoms with Crippen molar-refractivity contribution in [1.82, 2.24) is 4.98 Å². The van der Waals surface area contributed by atoms with Crippen LogP contribution in [0.1, 0.15) is 22.8 Å². The summed E-state index contributed by atoms with van der Waals surface area (Å²) in [6.45, 7) is 3.11. The van der Waals surface area contributed by atoms with Gasteiger partial charge in [0.05, 0.1) is 11.5 Å². The van der Waals surface area contributed by atoms with Gasteiger partial charge in [0, 0.05) is 23.5 Å². The number of nitrogens with one attached hydrogen (secondary N) is 1. The summed E-state index contributed by atoms with van der Waals surface area (Å²) < 4.78 is 10.2. The van der Waals surface area contributed by atoms with Gasteiger partial charge in [0.25, 0.3) is 11.6 Å². The van der Waals surface area contributed by atoms with Gasteiger partial charge >= 0.3 is 5.97 Å². The topological polar surface area (TPSA) is 121 Å². The molecule has 1 aromatic carbocycles. The van der Waals surface area contributed by atoms with E-state index in [1.165, 1.54) is 30.5 Å².